The van der Waals surface area contributed by atoms with E-state index in [1.807, 2.05) is 0 Å². The van der Waals surface area contributed by atoms with Gasteiger partial charge in [0.15, 0.2) is 0 Å². The zero-order valence-electron chi connectivity index (χ0n) is 13.8. The number of H-pyrrole nitrogens is 1. The molecule has 0 unspecified atom stereocenters. The molecule has 2 N–H and O–H groups in total. The van der Waals surface area contributed by atoms with Crippen molar-refractivity contribution in [1.82, 2.24) is 9.97 Å². The second-order valence-electron chi connectivity index (χ2n) is 6.05. The van der Waals surface area contributed by atoms with E-state index in [1.165, 1.54) is 18.2 Å². The minimum absolute atomic E-state index is 0.334. The average Bonchev–Trinajstić information content (AvgIpc) is 3.06. The molecule has 0 amide bonds. The van der Waals surface area contributed by atoms with Gasteiger partial charge in [0.05, 0.1) is 11.1 Å². The molecule has 4 rings (SSSR count). The van der Waals surface area contributed by atoms with E-state index in [4.69, 9.17) is 0 Å². The molecule has 0 aliphatic carbocycles. The topological polar surface area (TPSA) is 40.7 Å². The van der Waals surface area contributed by atoms with E-state index in [1.54, 1.807) is 36.5 Å². The van der Waals surface area contributed by atoms with Crippen molar-refractivity contribution in [3.63, 3.8) is 0 Å². The molecular weight excluding hydrogens is 358 g/mol. The standard InChI is InChI=1S/C20H13F4N3/c21-15-4-6-16(7-5-15)26-19-10-18-13(11-25-19)9-17(27-18)12-2-1-3-14(8-12)20(22,23)24/h1-11,27H,(H,25,26). The summed E-state index contributed by atoms with van der Waals surface area (Å²) >= 11 is 0. The fourth-order valence-electron chi connectivity index (χ4n) is 2.79. The van der Waals surface area contributed by atoms with E-state index in [9.17, 15) is 17.6 Å². The highest BCUT2D eigenvalue weighted by Crippen LogP contribution is 2.33. The van der Waals surface area contributed by atoms with E-state index in [0.717, 1.165) is 23.0 Å². The van der Waals surface area contributed by atoms with Crippen molar-refractivity contribution in [3.8, 4) is 11.3 Å². The molecular formula is C20H13F4N3. The van der Waals surface area contributed by atoms with Gasteiger partial charge in [-0.1, -0.05) is 12.1 Å². The maximum atomic E-state index is 13.0. The maximum absolute atomic E-state index is 13.0. The SMILES string of the molecule is Fc1ccc(Nc2cc3[nH]c(-c4cccc(C(F)(F)F)c4)cc3cn2)cc1. The Balaban J connectivity index is 1.66. The van der Waals surface area contributed by atoms with E-state index < -0.39 is 11.7 Å². The van der Waals surface area contributed by atoms with Gasteiger partial charge >= 0.3 is 6.18 Å². The summed E-state index contributed by atoms with van der Waals surface area (Å²) in [4.78, 5) is 7.40. The largest absolute Gasteiger partial charge is 0.416 e. The van der Waals surface area contributed by atoms with Crippen LogP contribution in [0.1, 0.15) is 5.56 Å². The van der Waals surface area contributed by atoms with Gasteiger partial charge in [-0.15, -0.1) is 0 Å². The van der Waals surface area contributed by atoms with Gasteiger partial charge in [-0.3, -0.25) is 0 Å². The Morgan fingerprint density at radius 3 is 2.44 bits per heavy atom. The number of alkyl halides is 3. The summed E-state index contributed by atoms with van der Waals surface area (Å²) in [6.45, 7) is 0. The molecule has 2 heterocycles. The Morgan fingerprint density at radius 2 is 1.70 bits per heavy atom. The molecule has 3 nitrogen and oxygen atoms in total. The first kappa shape index (κ1) is 17.1. The van der Waals surface area contributed by atoms with E-state index in [2.05, 4.69) is 15.3 Å². The van der Waals surface area contributed by atoms with Crippen molar-refractivity contribution >= 4 is 22.4 Å². The zero-order valence-corrected chi connectivity index (χ0v) is 13.8. The quantitative estimate of drug-likeness (QED) is 0.425. The number of pyridine rings is 1. The molecule has 0 aliphatic rings. The van der Waals surface area contributed by atoms with Crippen LogP contribution in [0.25, 0.3) is 22.2 Å². The number of aromatic nitrogens is 2. The minimum Gasteiger partial charge on any atom is -0.354 e. The lowest BCUT2D eigenvalue weighted by molar-refractivity contribution is -0.137. The molecule has 0 spiro atoms. The van der Waals surface area contributed by atoms with Crippen LogP contribution in [0.3, 0.4) is 0 Å². The van der Waals surface area contributed by atoms with Gasteiger partial charge < -0.3 is 10.3 Å². The lowest BCUT2D eigenvalue weighted by Crippen LogP contribution is -2.04. The number of nitrogens with zero attached hydrogens (tertiary/aromatic N) is 1. The smallest absolute Gasteiger partial charge is 0.354 e. The fourth-order valence-corrected chi connectivity index (χ4v) is 2.79. The molecule has 2 aromatic heterocycles. The van der Waals surface area contributed by atoms with Gasteiger partial charge in [-0.05, 0) is 48.0 Å². The first-order valence-electron chi connectivity index (χ1n) is 8.07. The molecule has 0 saturated heterocycles. The Kier molecular flexibility index (Phi) is 4.07. The Morgan fingerprint density at radius 1 is 0.926 bits per heavy atom. The van der Waals surface area contributed by atoms with Crippen molar-refractivity contribution in [2.45, 2.75) is 6.18 Å². The third-order valence-electron chi connectivity index (χ3n) is 4.12. The number of fused-ring (bicyclic) bond motifs is 1. The molecule has 7 heteroatoms. The number of aromatic amines is 1. The number of anilines is 2. The van der Waals surface area contributed by atoms with Crippen LogP contribution in [0.4, 0.5) is 29.1 Å². The maximum Gasteiger partial charge on any atom is 0.416 e. The number of halogens is 4. The Labute approximate surface area is 151 Å². The van der Waals surface area contributed by atoms with Gasteiger partial charge in [0, 0.05) is 29.0 Å². The first-order valence-corrected chi connectivity index (χ1v) is 8.07. The summed E-state index contributed by atoms with van der Waals surface area (Å²) in [5.41, 5.74) is 1.70. The number of nitrogens with one attached hydrogen (secondary N) is 2. The van der Waals surface area contributed by atoms with Gasteiger partial charge in [0.25, 0.3) is 0 Å². The summed E-state index contributed by atoms with van der Waals surface area (Å²) in [6, 6.07) is 14.5. The molecule has 0 bridgehead atoms. The highest BCUT2D eigenvalue weighted by atomic mass is 19.4. The summed E-state index contributed by atoms with van der Waals surface area (Å²) in [5.74, 6) is 0.200. The summed E-state index contributed by atoms with van der Waals surface area (Å²) in [5, 5.41) is 3.83. The fraction of sp³-hybridized carbons (Fsp3) is 0.0500. The lowest BCUT2D eigenvalue weighted by Gasteiger charge is -2.07. The summed E-state index contributed by atoms with van der Waals surface area (Å²) < 4.78 is 51.7. The normalized spacial score (nSPS) is 11.7. The predicted octanol–water partition coefficient (Wildman–Crippen LogP) is 6.13. The van der Waals surface area contributed by atoms with E-state index in [-0.39, 0.29) is 5.82 Å². The van der Waals surface area contributed by atoms with Gasteiger partial charge in [0.2, 0.25) is 0 Å². The van der Waals surface area contributed by atoms with Crippen LogP contribution in [0.5, 0.6) is 0 Å². The van der Waals surface area contributed by atoms with Crippen molar-refractivity contribution in [1.29, 1.82) is 0 Å². The van der Waals surface area contributed by atoms with Crippen LogP contribution in [0, 0.1) is 5.82 Å². The number of hydrogen-bond acceptors (Lipinski definition) is 2. The molecule has 2 aromatic carbocycles. The molecule has 0 radical (unpaired) electrons. The van der Waals surface area contributed by atoms with Crippen molar-refractivity contribution in [2.24, 2.45) is 0 Å². The average molecular weight is 371 g/mol. The molecule has 136 valence electrons. The summed E-state index contributed by atoms with van der Waals surface area (Å²) in [6.07, 6.45) is -2.77. The Hall–Kier alpha value is -3.35. The summed E-state index contributed by atoms with van der Waals surface area (Å²) in [7, 11) is 0. The first-order chi connectivity index (χ1) is 12.9. The van der Waals surface area contributed by atoms with Crippen molar-refractivity contribution < 1.29 is 17.6 Å². The third-order valence-corrected chi connectivity index (χ3v) is 4.12. The van der Waals surface area contributed by atoms with E-state index in [0.29, 0.717) is 22.8 Å². The predicted molar refractivity (Wildman–Crippen MR) is 96.2 cm³/mol. The van der Waals surface area contributed by atoms with Gasteiger partial charge in [0.1, 0.15) is 11.6 Å². The number of hydrogen-bond donors (Lipinski definition) is 2. The molecule has 27 heavy (non-hydrogen) atoms. The van der Waals surface area contributed by atoms with Gasteiger partial charge in [-0.25, -0.2) is 9.37 Å². The van der Waals surface area contributed by atoms with Gasteiger partial charge in [-0.2, -0.15) is 13.2 Å². The second-order valence-corrected chi connectivity index (χ2v) is 6.05. The Bertz CT molecular complexity index is 1100. The van der Waals surface area contributed by atoms with Crippen LogP contribution >= 0.6 is 0 Å². The highest BCUT2D eigenvalue weighted by molar-refractivity contribution is 5.87. The highest BCUT2D eigenvalue weighted by Gasteiger charge is 2.30. The van der Waals surface area contributed by atoms with Crippen LogP contribution in [0.15, 0.2) is 66.9 Å². The molecule has 0 atom stereocenters. The number of benzene rings is 2. The third kappa shape index (κ3) is 3.62. The molecule has 0 saturated carbocycles. The monoisotopic (exact) mass is 371 g/mol. The number of rotatable bonds is 3. The van der Waals surface area contributed by atoms with Crippen LogP contribution in [0.2, 0.25) is 0 Å². The molecule has 4 aromatic rings. The van der Waals surface area contributed by atoms with Crippen LogP contribution < -0.4 is 5.32 Å². The minimum atomic E-state index is -4.39. The molecule has 0 fully saturated rings. The van der Waals surface area contributed by atoms with E-state index >= 15 is 0 Å². The lowest BCUT2D eigenvalue weighted by atomic mass is 10.1. The van der Waals surface area contributed by atoms with Crippen LogP contribution in [-0.4, -0.2) is 9.97 Å². The zero-order chi connectivity index (χ0) is 19.0. The van der Waals surface area contributed by atoms with Crippen molar-refractivity contribution in [2.75, 3.05) is 5.32 Å². The second kappa shape index (κ2) is 6.42. The molecule has 0 aliphatic heterocycles. The van der Waals surface area contributed by atoms with Crippen LogP contribution in [-0.2, 0) is 6.18 Å². The van der Waals surface area contributed by atoms with Crippen molar-refractivity contribution in [3.05, 3.63) is 78.2 Å².